The highest BCUT2D eigenvalue weighted by atomic mass is 79.9. The van der Waals surface area contributed by atoms with Crippen LogP contribution in [0.5, 0.6) is 0 Å². The van der Waals surface area contributed by atoms with Crippen molar-refractivity contribution in [2.24, 2.45) is 0 Å². The molecule has 0 aromatic heterocycles. The Morgan fingerprint density at radius 3 is 2.75 bits per heavy atom. The Morgan fingerprint density at radius 1 is 1.19 bits per heavy atom. The summed E-state index contributed by atoms with van der Waals surface area (Å²) < 4.78 is 31.3. The fourth-order valence-electron chi connectivity index (χ4n) is 3.32. The third kappa shape index (κ3) is 6.78. The molecule has 10 heteroatoms. The number of amides is 2. The second-order valence-electron chi connectivity index (χ2n) is 7.44. The lowest BCUT2D eigenvalue weighted by molar-refractivity contribution is -0.116. The summed E-state index contributed by atoms with van der Waals surface area (Å²) in [5.41, 5.74) is 2.06. The Kier molecular flexibility index (Phi) is 8.27. The summed E-state index contributed by atoms with van der Waals surface area (Å²) in [5.74, 6) is -1.21. The monoisotopic (exact) mass is 523 g/mol. The highest BCUT2D eigenvalue weighted by Gasteiger charge is 2.30. The van der Waals surface area contributed by atoms with Gasteiger partial charge in [0, 0.05) is 29.8 Å². The van der Waals surface area contributed by atoms with Crippen molar-refractivity contribution < 1.29 is 22.7 Å². The number of nitrogens with one attached hydrogen (secondary N) is 3. The van der Waals surface area contributed by atoms with Crippen molar-refractivity contribution >= 4 is 49.0 Å². The van der Waals surface area contributed by atoms with E-state index < -0.39 is 21.8 Å². The number of fused-ring (bicyclic) bond motifs is 1. The average molecular weight is 524 g/mol. The van der Waals surface area contributed by atoms with Crippen LogP contribution in [0.1, 0.15) is 29.3 Å². The molecule has 0 bridgehead atoms. The maximum Gasteiger partial charge on any atom is 0.251 e. The van der Waals surface area contributed by atoms with Crippen LogP contribution in [-0.2, 0) is 25.1 Å². The summed E-state index contributed by atoms with van der Waals surface area (Å²) in [4.78, 5) is 24.9. The van der Waals surface area contributed by atoms with Crippen LogP contribution in [0.2, 0.25) is 0 Å². The number of sulfone groups is 1. The molecule has 2 aromatic carbocycles. The van der Waals surface area contributed by atoms with Gasteiger partial charge in [-0.25, -0.2) is 8.42 Å². The highest BCUT2D eigenvalue weighted by Crippen LogP contribution is 2.28. The number of benzene rings is 2. The number of hydrogen-bond donors (Lipinski definition) is 3. The first-order chi connectivity index (χ1) is 15.3. The van der Waals surface area contributed by atoms with E-state index in [1.54, 1.807) is 36.4 Å². The van der Waals surface area contributed by atoms with Crippen LogP contribution >= 0.6 is 15.9 Å². The molecule has 32 heavy (non-hydrogen) atoms. The molecular weight excluding hydrogens is 498 g/mol. The molecule has 0 saturated carbocycles. The summed E-state index contributed by atoms with van der Waals surface area (Å²) in [6, 6.07) is 11.0. The van der Waals surface area contributed by atoms with E-state index in [1.807, 2.05) is 13.0 Å². The maximum absolute atomic E-state index is 12.6. The molecule has 172 valence electrons. The third-order valence-corrected chi connectivity index (χ3v) is 6.94. The standard InChI is InChI=1S/C22H26BrN3O5S/c1-2-31-10-4-9-24-21(27)16-7-8-18-19(12-16)26-22(28)20(25-18)14-32(29,30)13-15-5-3-6-17(23)11-15/h3,5-8,11-12,20,25H,2,4,9-10,13-14H2,1H3,(H,24,27)(H,26,28)/t20-/m1/s1. The van der Waals surface area contributed by atoms with Gasteiger partial charge in [0.2, 0.25) is 5.91 Å². The van der Waals surface area contributed by atoms with E-state index in [1.165, 1.54) is 0 Å². The Hall–Kier alpha value is -2.43. The van der Waals surface area contributed by atoms with Gasteiger partial charge in [-0.3, -0.25) is 9.59 Å². The number of hydrogen-bond acceptors (Lipinski definition) is 6. The summed E-state index contributed by atoms with van der Waals surface area (Å²) in [6.07, 6.45) is 0.707. The minimum Gasteiger partial charge on any atom is -0.382 e. The van der Waals surface area contributed by atoms with Gasteiger partial charge in [-0.15, -0.1) is 0 Å². The Bertz CT molecular complexity index is 1090. The van der Waals surface area contributed by atoms with Crippen LogP contribution in [-0.4, -0.2) is 51.8 Å². The zero-order valence-corrected chi connectivity index (χ0v) is 20.1. The molecular formula is C22H26BrN3O5S. The molecule has 2 amide bonds. The SMILES string of the molecule is CCOCCCNC(=O)c1ccc2c(c1)NC(=O)[C@@H](CS(=O)(=O)Cc1cccc(Br)c1)N2. The van der Waals surface area contributed by atoms with Gasteiger partial charge in [-0.1, -0.05) is 28.1 Å². The zero-order valence-electron chi connectivity index (χ0n) is 17.7. The average Bonchev–Trinajstić information content (AvgIpc) is 2.73. The van der Waals surface area contributed by atoms with E-state index in [0.717, 1.165) is 4.47 Å². The van der Waals surface area contributed by atoms with E-state index in [2.05, 4.69) is 31.9 Å². The molecule has 0 saturated heterocycles. The van der Waals surface area contributed by atoms with Gasteiger partial charge in [-0.05, 0) is 49.2 Å². The summed E-state index contributed by atoms with van der Waals surface area (Å²) in [7, 11) is -3.54. The second-order valence-corrected chi connectivity index (χ2v) is 10.5. The van der Waals surface area contributed by atoms with Gasteiger partial charge in [0.1, 0.15) is 6.04 Å². The normalized spacial score (nSPS) is 15.4. The minimum atomic E-state index is -3.54. The Morgan fingerprint density at radius 2 is 2.00 bits per heavy atom. The van der Waals surface area contributed by atoms with Crippen LogP contribution in [0, 0.1) is 0 Å². The van der Waals surface area contributed by atoms with Crippen molar-refractivity contribution in [1.82, 2.24) is 5.32 Å². The van der Waals surface area contributed by atoms with Crippen LogP contribution in [0.3, 0.4) is 0 Å². The zero-order chi connectivity index (χ0) is 23.1. The van der Waals surface area contributed by atoms with Gasteiger partial charge in [-0.2, -0.15) is 0 Å². The molecule has 1 atom stereocenters. The fraction of sp³-hybridized carbons (Fsp3) is 0.364. The van der Waals surface area contributed by atoms with Crippen molar-refractivity contribution in [3.8, 4) is 0 Å². The van der Waals surface area contributed by atoms with Gasteiger partial charge >= 0.3 is 0 Å². The second kappa shape index (κ2) is 10.9. The molecule has 0 fully saturated rings. The number of anilines is 2. The molecule has 8 nitrogen and oxygen atoms in total. The number of rotatable bonds is 10. The molecule has 1 aliphatic heterocycles. The summed E-state index contributed by atoms with van der Waals surface area (Å²) >= 11 is 3.33. The van der Waals surface area contributed by atoms with Crippen molar-refractivity contribution in [3.05, 3.63) is 58.1 Å². The number of halogens is 1. The first kappa shape index (κ1) is 24.2. The molecule has 3 N–H and O–H groups in total. The molecule has 0 unspecified atom stereocenters. The minimum absolute atomic E-state index is 0.160. The van der Waals surface area contributed by atoms with Gasteiger partial charge < -0.3 is 20.7 Å². The van der Waals surface area contributed by atoms with Crippen molar-refractivity contribution in [1.29, 1.82) is 0 Å². The Labute approximate surface area is 196 Å². The first-order valence-electron chi connectivity index (χ1n) is 10.3. The van der Waals surface area contributed by atoms with E-state index in [9.17, 15) is 18.0 Å². The number of carbonyl (C=O) groups excluding carboxylic acids is 2. The third-order valence-electron chi connectivity index (χ3n) is 4.84. The largest absolute Gasteiger partial charge is 0.382 e. The van der Waals surface area contributed by atoms with Crippen molar-refractivity contribution in [2.45, 2.75) is 25.1 Å². The lowest BCUT2D eigenvalue weighted by Crippen LogP contribution is -2.43. The van der Waals surface area contributed by atoms with Gasteiger partial charge in [0.05, 0.1) is 22.9 Å². The molecule has 1 heterocycles. The van der Waals surface area contributed by atoms with Crippen LogP contribution < -0.4 is 16.0 Å². The fourth-order valence-corrected chi connectivity index (χ4v) is 5.32. The summed E-state index contributed by atoms with van der Waals surface area (Å²) in [5, 5.41) is 8.50. The smallest absolute Gasteiger partial charge is 0.251 e. The quantitative estimate of drug-likeness (QED) is 0.412. The number of carbonyl (C=O) groups is 2. The maximum atomic E-state index is 12.6. The van der Waals surface area contributed by atoms with Crippen LogP contribution in [0.25, 0.3) is 0 Å². The highest BCUT2D eigenvalue weighted by molar-refractivity contribution is 9.10. The van der Waals surface area contributed by atoms with Gasteiger partial charge in [0.15, 0.2) is 9.84 Å². The van der Waals surface area contributed by atoms with Crippen LogP contribution in [0.15, 0.2) is 46.9 Å². The molecule has 1 aliphatic rings. The van der Waals surface area contributed by atoms with Crippen molar-refractivity contribution in [3.63, 3.8) is 0 Å². The van der Waals surface area contributed by atoms with E-state index in [0.29, 0.717) is 48.7 Å². The van der Waals surface area contributed by atoms with Crippen molar-refractivity contribution in [2.75, 3.05) is 36.1 Å². The molecule has 0 spiro atoms. The molecule has 0 aliphatic carbocycles. The number of ether oxygens (including phenoxy) is 1. The lowest BCUT2D eigenvalue weighted by atomic mass is 10.1. The van der Waals surface area contributed by atoms with E-state index >= 15 is 0 Å². The lowest BCUT2D eigenvalue weighted by Gasteiger charge is -2.27. The topological polar surface area (TPSA) is 114 Å². The molecule has 3 rings (SSSR count). The Balaban J connectivity index is 1.61. The summed E-state index contributed by atoms with van der Waals surface area (Å²) in [6.45, 7) is 3.61. The first-order valence-corrected chi connectivity index (χ1v) is 12.9. The van der Waals surface area contributed by atoms with Crippen LogP contribution in [0.4, 0.5) is 11.4 Å². The molecule has 0 radical (unpaired) electrons. The van der Waals surface area contributed by atoms with E-state index in [-0.39, 0.29) is 17.4 Å². The van der Waals surface area contributed by atoms with Gasteiger partial charge in [0.25, 0.3) is 5.91 Å². The van der Waals surface area contributed by atoms with E-state index in [4.69, 9.17) is 4.74 Å². The predicted molar refractivity (Wildman–Crippen MR) is 128 cm³/mol. The predicted octanol–water partition coefficient (Wildman–Crippen LogP) is 2.95. The molecule has 2 aromatic rings.